The highest BCUT2D eigenvalue weighted by Crippen LogP contribution is 2.30. The maximum Gasteiger partial charge on any atom is 0.0621 e. The minimum absolute atomic E-state index is 0.354. The van der Waals surface area contributed by atoms with Gasteiger partial charge >= 0.3 is 0 Å². The van der Waals surface area contributed by atoms with E-state index in [4.69, 9.17) is 16.3 Å². The van der Waals surface area contributed by atoms with Crippen LogP contribution in [0.25, 0.3) is 0 Å². The lowest BCUT2D eigenvalue weighted by Gasteiger charge is -2.20. The Labute approximate surface area is 103 Å². The number of halogens is 1. The van der Waals surface area contributed by atoms with Crippen LogP contribution in [0.2, 0.25) is 0 Å². The lowest BCUT2D eigenvalue weighted by atomic mass is 9.90. The van der Waals surface area contributed by atoms with Crippen molar-refractivity contribution in [2.24, 2.45) is 5.92 Å². The molecule has 2 rings (SSSR count). The second kappa shape index (κ2) is 5.70. The molecule has 1 fully saturated rings. The van der Waals surface area contributed by atoms with Crippen LogP contribution in [0, 0.1) is 5.92 Å². The highest BCUT2D eigenvalue weighted by Gasteiger charge is 2.28. The van der Waals surface area contributed by atoms with Crippen molar-refractivity contribution < 1.29 is 4.74 Å². The first kappa shape index (κ1) is 11.9. The van der Waals surface area contributed by atoms with Gasteiger partial charge in [-0.2, -0.15) is 0 Å². The zero-order valence-electron chi connectivity index (χ0n) is 9.73. The molecule has 0 aromatic heterocycles. The van der Waals surface area contributed by atoms with Gasteiger partial charge in [0.15, 0.2) is 0 Å². The Bertz CT molecular complexity index is 312. The van der Waals surface area contributed by atoms with E-state index in [1.165, 1.54) is 5.56 Å². The van der Waals surface area contributed by atoms with E-state index in [0.29, 0.717) is 17.9 Å². The molecule has 1 nitrogen and oxygen atoms in total. The third kappa shape index (κ3) is 2.78. The third-order valence-electron chi connectivity index (χ3n) is 3.50. The van der Waals surface area contributed by atoms with E-state index in [-0.39, 0.29) is 0 Å². The van der Waals surface area contributed by atoms with Gasteiger partial charge in [0.1, 0.15) is 0 Å². The van der Waals surface area contributed by atoms with Crippen molar-refractivity contribution in [2.75, 3.05) is 12.5 Å². The standard InChI is InChI=1S/C14H19ClO/c1-11(12-5-3-2-4-6-12)9-14-13(10-15)7-8-16-14/h2-6,11,13-14H,7-10H2,1H3. The van der Waals surface area contributed by atoms with Gasteiger partial charge in [-0.25, -0.2) is 0 Å². The molecular formula is C14H19ClO. The summed E-state index contributed by atoms with van der Waals surface area (Å²) in [5.41, 5.74) is 1.39. The van der Waals surface area contributed by atoms with Crippen LogP contribution in [-0.2, 0) is 4.74 Å². The summed E-state index contributed by atoms with van der Waals surface area (Å²) in [6.45, 7) is 3.14. The average molecular weight is 239 g/mol. The molecule has 1 aliphatic heterocycles. The summed E-state index contributed by atoms with van der Waals surface area (Å²) >= 11 is 5.95. The first-order valence-corrected chi connectivity index (χ1v) is 6.57. The molecule has 0 N–H and O–H groups in total. The molecule has 1 heterocycles. The van der Waals surface area contributed by atoms with Crippen molar-refractivity contribution in [3.8, 4) is 0 Å². The van der Waals surface area contributed by atoms with Crippen molar-refractivity contribution in [1.82, 2.24) is 0 Å². The van der Waals surface area contributed by atoms with Gasteiger partial charge in [-0.3, -0.25) is 0 Å². The summed E-state index contributed by atoms with van der Waals surface area (Å²) in [6, 6.07) is 10.6. The van der Waals surface area contributed by atoms with E-state index in [1.54, 1.807) is 0 Å². The monoisotopic (exact) mass is 238 g/mol. The van der Waals surface area contributed by atoms with Crippen molar-refractivity contribution in [3.05, 3.63) is 35.9 Å². The molecule has 3 atom stereocenters. The fourth-order valence-electron chi connectivity index (χ4n) is 2.40. The van der Waals surface area contributed by atoms with Gasteiger partial charge in [0.25, 0.3) is 0 Å². The Morgan fingerprint density at radius 2 is 2.12 bits per heavy atom. The molecule has 0 bridgehead atoms. The highest BCUT2D eigenvalue weighted by molar-refractivity contribution is 6.18. The average Bonchev–Trinajstić information content (AvgIpc) is 2.77. The maximum atomic E-state index is 5.95. The minimum atomic E-state index is 0.354. The van der Waals surface area contributed by atoms with Crippen LogP contribution in [0.15, 0.2) is 30.3 Å². The second-order valence-corrected chi connectivity index (χ2v) is 4.97. The molecule has 1 saturated heterocycles. The molecule has 0 spiro atoms. The number of benzene rings is 1. The van der Waals surface area contributed by atoms with Crippen LogP contribution in [0.3, 0.4) is 0 Å². The molecular weight excluding hydrogens is 220 g/mol. The van der Waals surface area contributed by atoms with Crippen molar-refractivity contribution >= 4 is 11.6 Å². The van der Waals surface area contributed by atoms with Gasteiger partial charge in [0.05, 0.1) is 6.10 Å². The Morgan fingerprint density at radius 1 is 1.38 bits per heavy atom. The molecule has 0 saturated carbocycles. The van der Waals surface area contributed by atoms with Crippen LogP contribution < -0.4 is 0 Å². The molecule has 0 amide bonds. The number of hydrogen-bond donors (Lipinski definition) is 0. The number of ether oxygens (including phenoxy) is 1. The van der Waals surface area contributed by atoms with Crippen LogP contribution in [0.5, 0.6) is 0 Å². The summed E-state index contributed by atoms with van der Waals surface area (Å²) in [5.74, 6) is 1.83. The van der Waals surface area contributed by atoms with Crippen LogP contribution in [0.4, 0.5) is 0 Å². The predicted molar refractivity (Wildman–Crippen MR) is 68.0 cm³/mol. The summed E-state index contributed by atoms with van der Waals surface area (Å²) in [4.78, 5) is 0. The molecule has 2 heteroatoms. The Morgan fingerprint density at radius 3 is 2.81 bits per heavy atom. The topological polar surface area (TPSA) is 9.23 Å². The molecule has 0 aliphatic carbocycles. The minimum Gasteiger partial charge on any atom is -0.378 e. The van der Waals surface area contributed by atoms with Crippen molar-refractivity contribution in [2.45, 2.75) is 31.8 Å². The Kier molecular flexibility index (Phi) is 4.25. The summed E-state index contributed by atoms with van der Waals surface area (Å²) in [6.07, 6.45) is 2.56. The lowest BCUT2D eigenvalue weighted by molar-refractivity contribution is 0.0828. The molecule has 1 aliphatic rings. The van der Waals surface area contributed by atoms with Gasteiger partial charge in [0.2, 0.25) is 0 Å². The van der Waals surface area contributed by atoms with E-state index in [1.807, 2.05) is 0 Å². The number of rotatable bonds is 4. The maximum absolute atomic E-state index is 5.95. The molecule has 88 valence electrons. The van der Waals surface area contributed by atoms with Crippen LogP contribution in [0.1, 0.15) is 31.2 Å². The lowest BCUT2D eigenvalue weighted by Crippen LogP contribution is -2.19. The van der Waals surface area contributed by atoms with Gasteiger partial charge < -0.3 is 4.74 Å². The molecule has 1 aromatic carbocycles. The van der Waals surface area contributed by atoms with Crippen molar-refractivity contribution in [3.63, 3.8) is 0 Å². The number of hydrogen-bond acceptors (Lipinski definition) is 1. The number of alkyl halides is 1. The third-order valence-corrected chi connectivity index (χ3v) is 3.90. The van der Waals surface area contributed by atoms with Crippen LogP contribution >= 0.6 is 11.6 Å². The fraction of sp³-hybridized carbons (Fsp3) is 0.571. The highest BCUT2D eigenvalue weighted by atomic mass is 35.5. The van der Waals surface area contributed by atoms with Gasteiger partial charge in [-0.15, -0.1) is 11.6 Å². The quantitative estimate of drug-likeness (QED) is 0.725. The first-order valence-electron chi connectivity index (χ1n) is 6.03. The predicted octanol–water partition coefficient (Wildman–Crippen LogP) is 3.82. The first-order chi connectivity index (χ1) is 7.81. The van der Waals surface area contributed by atoms with Crippen LogP contribution in [-0.4, -0.2) is 18.6 Å². The SMILES string of the molecule is CC(CC1OCCC1CCl)c1ccccc1. The molecule has 0 radical (unpaired) electrons. The Hall–Kier alpha value is -0.530. The summed E-state index contributed by atoms with van der Waals surface area (Å²) in [5, 5.41) is 0. The largest absolute Gasteiger partial charge is 0.378 e. The van der Waals surface area contributed by atoms with E-state index < -0.39 is 0 Å². The van der Waals surface area contributed by atoms with E-state index in [2.05, 4.69) is 37.3 Å². The molecule has 16 heavy (non-hydrogen) atoms. The van der Waals surface area contributed by atoms with E-state index in [9.17, 15) is 0 Å². The molecule has 3 unspecified atom stereocenters. The van der Waals surface area contributed by atoms with Gasteiger partial charge in [0, 0.05) is 18.4 Å². The van der Waals surface area contributed by atoms with E-state index in [0.717, 1.165) is 25.3 Å². The zero-order chi connectivity index (χ0) is 11.4. The van der Waals surface area contributed by atoms with Gasteiger partial charge in [-0.1, -0.05) is 37.3 Å². The smallest absolute Gasteiger partial charge is 0.0621 e. The fourth-order valence-corrected chi connectivity index (χ4v) is 2.75. The van der Waals surface area contributed by atoms with Gasteiger partial charge in [-0.05, 0) is 24.3 Å². The summed E-state index contributed by atoms with van der Waals surface area (Å²) in [7, 11) is 0. The second-order valence-electron chi connectivity index (χ2n) is 4.66. The molecule has 1 aromatic rings. The Balaban J connectivity index is 1.94. The van der Waals surface area contributed by atoms with E-state index >= 15 is 0 Å². The zero-order valence-corrected chi connectivity index (χ0v) is 10.5. The summed E-state index contributed by atoms with van der Waals surface area (Å²) < 4.78 is 5.76. The normalized spacial score (nSPS) is 26.9. The van der Waals surface area contributed by atoms with Crippen molar-refractivity contribution in [1.29, 1.82) is 0 Å².